The average Bonchev–Trinajstić information content (AvgIpc) is 2.96. The van der Waals surface area contributed by atoms with E-state index in [4.69, 9.17) is 16.3 Å². The minimum Gasteiger partial charge on any atom is -0.393 e. The monoisotopic (exact) mass is 336 g/mol. The Balaban J connectivity index is 1.77. The third-order valence-corrected chi connectivity index (χ3v) is 4.56. The van der Waals surface area contributed by atoms with Crippen LogP contribution in [0.15, 0.2) is 12.3 Å². The summed E-state index contributed by atoms with van der Waals surface area (Å²) in [5.74, 6) is 5.90. The Kier molecular flexibility index (Phi) is 5.08. The molecule has 1 aromatic rings. The van der Waals surface area contributed by atoms with E-state index < -0.39 is 5.60 Å². The summed E-state index contributed by atoms with van der Waals surface area (Å²) in [7, 11) is 0. The van der Waals surface area contributed by atoms with Crippen molar-refractivity contribution >= 4 is 17.3 Å². The molecule has 0 spiro atoms. The van der Waals surface area contributed by atoms with E-state index in [2.05, 4.69) is 22.1 Å². The van der Waals surface area contributed by atoms with Crippen molar-refractivity contribution in [2.75, 3.05) is 18.5 Å². The molecular weight excluding hydrogens is 316 g/mol. The molecule has 2 heterocycles. The first-order valence-corrected chi connectivity index (χ1v) is 8.35. The van der Waals surface area contributed by atoms with Crippen LogP contribution in [0.3, 0.4) is 0 Å². The van der Waals surface area contributed by atoms with E-state index in [9.17, 15) is 10.2 Å². The van der Waals surface area contributed by atoms with Crippen LogP contribution in [-0.4, -0.2) is 46.2 Å². The molecule has 2 aliphatic rings. The van der Waals surface area contributed by atoms with E-state index in [1.54, 1.807) is 12.3 Å². The zero-order valence-corrected chi connectivity index (χ0v) is 13.6. The lowest BCUT2D eigenvalue weighted by Crippen LogP contribution is -2.28. The zero-order valence-electron chi connectivity index (χ0n) is 12.9. The van der Waals surface area contributed by atoms with Crippen LogP contribution in [0.1, 0.15) is 37.7 Å². The summed E-state index contributed by atoms with van der Waals surface area (Å²) in [5.41, 5.74) is 0.452. The van der Waals surface area contributed by atoms with Crippen LogP contribution in [0.25, 0.3) is 0 Å². The topological polar surface area (TPSA) is 74.6 Å². The van der Waals surface area contributed by atoms with E-state index in [1.165, 1.54) is 0 Å². The quantitative estimate of drug-likeness (QED) is 0.568. The second-order valence-corrected chi connectivity index (χ2v) is 6.67. The molecule has 0 aromatic carbocycles. The Labute approximate surface area is 141 Å². The molecule has 0 radical (unpaired) electrons. The second kappa shape index (κ2) is 7.06. The summed E-state index contributed by atoms with van der Waals surface area (Å²) in [6.07, 6.45) is 5.37. The first kappa shape index (κ1) is 16.5. The lowest BCUT2D eigenvalue weighted by Gasteiger charge is -2.27. The van der Waals surface area contributed by atoms with Crippen molar-refractivity contribution in [2.24, 2.45) is 0 Å². The van der Waals surface area contributed by atoms with Gasteiger partial charge in [-0.3, -0.25) is 0 Å². The minimum atomic E-state index is -1.08. The normalized spacial score (nSPS) is 30.6. The van der Waals surface area contributed by atoms with Crippen LogP contribution in [0.5, 0.6) is 0 Å². The minimum absolute atomic E-state index is 0.190. The number of halogens is 1. The van der Waals surface area contributed by atoms with Gasteiger partial charge in [0.2, 0.25) is 0 Å². The molecule has 1 unspecified atom stereocenters. The first-order chi connectivity index (χ1) is 11.0. The number of ether oxygens (including phenoxy) is 1. The molecule has 1 aromatic heterocycles. The molecule has 124 valence electrons. The zero-order chi connectivity index (χ0) is 16.3. The van der Waals surface area contributed by atoms with Gasteiger partial charge in [0, 0.05) is 18.7 Å². The molecule has 3 rings (SSSR count). The lowest BCUT2D eigenvalue weighted by atomic mass is 9.93. The smallest absolute Gasteiger partial charge is 0.151 e. The highest BCUT2D eigenvalue weighted by atomic mass is 35.5. The molecule has 1 aliphatic heterocycles. The van der Waals surface area contributed by atoms with E-state index in [1.807, 2.05) is 0 Å². The molecule has 3 N–H and O–H groups in total. The van der Waals surface area contributed by atoms with Crippen molar-refractivity contribution in [1.82, 2.24) is 4.98 Å². The standard InChI is InChI=1S/C17H21ClN2O3/c18-16-9-15(20-13-1-3-14(21)4-2-13)12(10-19-16)5-6-17(22)7-8-23-11-17/h9-10,13-14,21-22H,1-4,7-8,11H2,(H,19,20). The van der Waals surface area contributed by atoms with E-state index in [0.717, 1.165) is 31.4 Å². The van der Waals surface area contributed by atoms with Gasteiger partial charge in [-0.05, 0) is 31.7 Å². The van der Waals surface area contributed by atoms with Crippen molar-refractivity contribution < 1.29 is 14.9 Å². The first-order valence-electron chi connectivity index (χ1n) is 7.97. The number of rotatable bonds is 2. The highest BCUT2D eigenvalue weighted by Gasteiger charge is 2.30. The van der Waals surface area contributed by atoms with Crippen LogP contribution in [0, 0.1) is 11.8 Å². The number of aliphatic hydroxyl groups excluding tert-OH is 1. The van der Waals surface area contributed by atoms with Gasteiger partial charge in [0.15, 0.2) is 5.60 Å². The van der Waals surface area contributed by atoms with Crippen molar-refractivity contribution in [3.8, 4) is 11.8 Å². The molecule has 1 aliphatic carbocycles. The molecule has 6 heteroatoms. The number of aromatic nitrogens is 1. The van der Waals surface area contributed by atoms with Gasteiger partial charge in [-0.2, -0.15) is 0 Å². The third-order valence-electron chi connectivity index (χ3n) is 4.36. The van der Waals surface area contributed by atoms with Gasteiger partial charge in [0.1, 0.15) is 5.15 Å². The lowest BCUT2D eigenvalue weighted by molar-refractivity contribution is 0.0765. The van der Waals surface area contributed by atoms with Crippen molar-refractivity contribution in [3.63, 3.8) is 0 Å². The molecule has 1 saturated heterocycles. The van der Waals surface area contributed by atoms with Crippen molar-refractivity contribution in [3.05, 3.63) is 23.0 Å². The maximum absolute atomic E-state index is 10.3. The molecule has 2 fully saturated rings. The molecule has 0 amide bonds. The van der Waals surface area contributed by atoms with Crippen LogP contribution in [-0.2, 0) is 4.74 Å². The molecule has 5 nitrogen and oxygen atoms in total. The summed E-state index contributed by atoms with van der Waals surface area (Å²) >= 11 is 6.00. The van der Waals surface area contributed by atoms with Crippen molar-refractivity contribution in [2.45, 2.75) is 49.9 Å². The van der Waals surface area contributed by atoms with Crippen LogP contribution >= 0.6 is 11.6 Å². The van der Waals surface area contributed by atoms with Crippen molar-refractivity contribution in [1.29, 1.82) is 0 Å². The Hall–Kier alpha value is -1.32. The number of aliphatic hydroxyl groups is 2. The van der Waals surface area contributed by atoms with Crippen LogP contribution in [0.4, 0.5) is 5.69 Å². The Bertz CT molecular complexity index is 612. The van der Waals surface area contributed by atoms with Crippen LogP contribution in [0.2, 0.25) is 5.15 Å². The molecule has 23 heavy (non-hydrogen) atoms. The number of nitrogens with one attached hydrogen (secondary N) is 1. The molecule has 0 bridgehead atoms. The van der Waals surface area contributed by atoms with Gasteiger partial charge in [-0.15, -0.1) is 0 Å². The van der Waals surface area contributed by atoms with Crippen LogP contribution < -0.4 is 5.32 Å². The van der Waals surface area contributed by atoms with Gasteiger partial charge in [-0.1, -0.05) is 23.4 Å². The van der Waals surface area contributed by atoms with E-state index in [-0.39, 0.29) is 18.8 Å². The molecular formula is C17H21ClN2O3. The molecule has 1 atom stereocenters. The van der Waals surface area contributed by atoms with E-state index >= 15 is 0 Å². The fourth-order valence-electron chi connectivity index (χ4n) is 2.93. The summed E-state index contributed by atoms with van der Waals surface area (Å²) in [6, 6.07) is 2.04. The number of nitrogens with zero attached hydrogens (tertiary/aromatic N) is 1. The Morgan fingerprint density at radius 1 is 1.35 bits per heavy atom. The predicted molar refractivity (Wildman–Crippen MR) is 88.4 cm³/mol. The van der Waals surface area contributed by atoms with Gasteiger partial charge >= 0.3 is 0 Å². The highest BCUT2D eigenvalue weighted by molar-refractivity contribution is 6.29. The number of anilines is 1. The molecule has 1 saturated carbocycles. The number of hydrogen-bond donors (Lipinski definition) is 3. The van der Waals surface area contributed by atoms with Gasteiger partial charge in [0.25, 0.3) is 0 Å². The van der Waals surface area contributed by atoms with E-state index in [0.29, 0.717) is 23.7 Å². The summed E-state index contributed by atoms with van der Waals surface area (Å²) in [5, 5.41) is 23.7. The predicted octanol–water partition coefficient (Wildman–Crippen LogP) is 1.95. The fraction of sp³-hybridized carbons (Fsp3) is 0.588. The summed E-state index contributed by atoms with van der Waals surface area (Å²) in [4.78, 5) is 4.08. The number of pyridine rings is 1. The highest BCUT2D eigenvalue weighted by Crippen LogP contribution is 2.25. The Morgan fingerprint density at radius 2 is 2.13 bits per heavy atom. The van der Waals surface area contributed by atoms with Gasteiger partial charge < -0.3 is 20.3 Å². The fourth-order valence-corrected chi connectivity index (χ4v) is 3.08. The second-order valence-electron chi connectivity index (χ2n) is 6.29. The largest absolute Gasteiger partial charge is 0.393 e. The SMILES string of the molecule is OC1CCC(Nc2cc(Cl)ncc2C#CC2(O)CCOC2)CC1. The Morgan fingerprint density at radius 3 is 2.83 bits per heavy atom. The van der Waals surface area contributed by atoms with Gasteiger partial charge in [-0.25, -0.2) is 4.98 Å². The maximum atomic E-state index is 10.3. The average molecular weight is 337 g/mol. The van der Waals surface area contributed by atoms with Gasteiger partial charge in [0.05, 0.1) is 30.6 Å². The summed E-state index contributed by atoms with van der Waals surface area (Å²) in [6.45, 7) is 0.768. The maximum Gasteiger partial charge on any atom is 0.151 e. The third kappa shape index (κ3) is 4.36. The summed E-state index contributed by atoms with van der Waals surface area (Å²) < 4.78 is 5.20. The number of hydrogen-bond acceptors (Lipinski definition) is 5.